The molecule has 2 aromatic heterocycles. The SMILES string of the molecule is CC(=O)NC(c1ccccn1)C1CCC(CNC(=O)c2ccn(C)n2)CC1. The minimum Gasteiger partial charge on any atom is -0.350 e. The normalized spacial score (nSPS) is 20.7. The van der Waals surface area contributed by atoms with Gasteiger partial charge in [-0.2, -0.15) is 5.10 Å². The van der Waals surface area contributed by atoms with Crippen LogP contribution in [-0.2, 0) is 11.8 Å². The average Bonchev–Trinajstić information content (AvgIpc) is 3.12. The molecular weight excluding hydrogens is 342 g/mol. The van der Waals surface area contributed by atoms with Gasteiger partial charge < -0.3 is 10.6 Å². The molecule has 2 amide bonds. The van der Waals surface area contributed by atoms with Crippen LogP contribution in [0.4, 0.5) is 0 Å². The predicted molar refractivity (Wildman–Crippen MR) is 102 cm³/mol. The molecule has 144 valence electrons. The van der Waals surface area contributed by atoms with E-state index in [1.165, 1.54) is 0 Å². The second kappa shape index (κ2) is 8.79. The summed E-state index contributed by atoms with van der Waals surface area (Å²) >= 11 is 0. The first-order chi connectivity index (χ1) is 13.0. The number of aromatic nitrogens is 3. The number of nitrogens with one attached hydrogen (secondary N) is 2. The lowest BCUT2D eigenvalue weighted by Gasteiger charge is -2.34. The average molecular weight is 369 g/mol. The molecule has 1 fully saturated rings. The molecule has 1 unspecified atom stereocenters. The molecule has 0 spiro atoms. The monoisotopic (exact) mass is 369 g/mol. The number of amides is 2. The van der Waals surface area contributed by atoms with Crippen molar-refractivity contribution in [3.05, 3.63) is 48.0 Å². The molecule has 1 saturated carbocycles. The fourth-order valence-corrected chi connectivity index (χ4v) is 3.80. The Hall–Kier alpha value is -2.70. The molecule has 7 heteroatoms. The Kier molecular flexibility index (Phi) is 6.21. The van der Waals surface area contributed by atoms with Gasteiger partial charge in [0.15, 0.2) is 0 Å². The van der Waals surface area contributed by atoms with Gasteiger partial charge in [-0.3, -0.25) is 19.3 Å². The fraction of sp³-hybridized carbons (Fsp3) is 0.500. The third-order valence-corrected chi connectivity index (χ3v) is 5.23. The molecule has 0 aliphatic heterocycles. The van der Waals surface area contributed by atoms with Crippen LogP contribution in [0.1, 0.15) is 54.8 Å². The number of aryl methyl sites for hydroxylation is 1. The van der Waals surface area contributed by atoms with Crippen molar-refractivity contribution >= 4 is 11.8 Å². The molecule has 7 nitrogen and oxygen atoms in total. The number of nitrogens with zero attached hydrogens (tertiary/aromatic N) is 3. The number of carbonyl (C=O) groups is 2. The Morgan fingerprint density at radius 1 is 1.22 bits per heavy atom. The van der Waals surface area contributed by atoms with E-state index in [0.29, 0.717) is 24.1 Å². The van der Waals surface area contributed by atoms with Crippen molar-refractivity contribution in [1.29, 1.82) is 0 Å². The molecule has 0 saturated heterocycles. The standard InChI is InChI=1S/C20H27N5O2/c1-14(26)23-19(17-5-3-4-11-21-17)16-8-6-15(7-9-16)13-22-20(27)18-10-12-25(2)24-18/h3-5,10-12,15-16,19H,6-9,13H2,1-2H3,(H,22,27)(H,23,26). The summed E-state index contributed by atoms with van der Waals surface area (Å²) in [6.45, 7) is 2.21. The van der Waals surface area contributed by atoms with Gasteiger partial charge in [-0.05, 0) is 55.7 Å². The number of pyridine rings is 1. The van der Waals surface area contributed by atoms with E-state index in [1.807, 2.05) is 18.2 Å². The Bertz CT molecular complexity index is 766. The van der Waals surface area contributed by atoms with E-state index in [0.717, 1.165) is 31.4 Å². The van der Waals surface area contributed by atoms with E-state index in [-0.39, 0.29) is 17.9 Å². The van der Waals surface area contributed by atoms with E-state index in [2.05, 4.69) is 20.7 Å². The van der Waals surface area contributed by atoms with Crippen molar-refractivity contribution in [2.75, 3.05) is 6.54 Å². The number of carbonyl (C=O) groups excluding carboxylic acids is 2. The second-order valence-electron chi connectivity index (χ2n) is 7.30. The quantitative estimate of drug-likeness (QED) is 0.817. The largest absolute Gasteiger partial charge is 0.350 e. The van der Waals surface area contributed by atoms with Crippen LogP contribution in [0.5, 0.6) is 0 Å². The van der Waals surface area contributed by atoms with Crippen LogP contribution in [-0.4, -0.2) is 33.1 Å². The highest BCUT2D eigenvalue weighted by molar-refractivity contribution is 5.92. The molecule has 2 N–H and O–H groups in total. The maximum atomic E-state index is 12.1. The molecule has 1 aliphatic rings. The van der Waals surface area contributed by atoms with Gasteiger partial charge in [-0.1, -0.05) is 6.07 Å². The smallest absolute Gasteiger partial charge is 0.271 e. The molecule has 1 aliphatic carbocycles. The van der Waals surface area contributed by atoms with E-state index in [4.69, 9.17) is 0 Å². The van der Waals surface area contributed by atoms with Crippen LogP contribution in [0, 0.1) is 11.8 Å². The zero-order valence-corrected chi connectivity index (χ0v) is 15.9. The summed E-state index contributed by atoms with van der Waals surface area (Å²) in [4.78, 5) is 28.2. The Labute approximate surface area is 159 Å². The summed E-state index contributed by atoms with van der Waals surface area (Å²) in [5.74, 6) is 0.667. The topological polar surface area (TPSA) is 88.9 Å². The lowest BCUT2D eigenvalue weighted by molar-refractivity contribution is -0.120. The third kappa shape index (κ3) is 5.15. The molecular formula is C20H27N5O2. The minimum absolute atomic E-state index is 0.0320. The molecule has 3 rings (SSSR count). The van der Waals surface area contributed by atoms with E-state index < -0.39 is 0 Å². The number of hydrogen-bond donors (Lipinski definition) is 2. The zero-order valence-electron chi connectivity index (χ0n) is 15.9. The van der Waals surface area contributed by atoms with Gasteiger partial charge in [-0.25, -0.2) is 0 Å². The van der Waals surface area contributed by atoms with Gasteiger partial charge in [0.1, 0.15) is 5.69 Å². The van der Waals surface area contributed by atoms with E-state index in [1.54, 1.807) is 37.1 Å². The second-order valence-corrected chi connectivity index (χ2v) is 7.30. The minimum atomic E-state index is -0.123. The van der Waals surface area contributed by atoms with Crippen LogP contribution < -0.4 is 10.6 Å². The lowest BCUT2D eigenvalue weighted by Crippen LogP contribution is -2.36. The van der Waals surface area contributed by atoms with Crippen molar-refractivity contribution in [3.63, 3.8) is 0 Å². The highest BCUT2D eigenvalue weighted by Gasteiger charge is 2.30. The first-order valence-electron chi connectivity index (χ1n) is 9.49. The van der Waals surface area contributed by atoms with Gasteiger partial charge in [0.2, 0.25) is 5.91 Å². The van der Waals surface area contributed by atoms with Gasteiger partial charge >= 0.3 is 0 Å². The van der Waals surface area contributed by atoms with E-state index >= 15 is 0 Å². The predicted octanol–water partition coefficient (Wildman–Crippen LogP) is 2.23. The van der Waals surface area contributed by atoms with Crippen molar-refractivity contribution < 1.29 is 9.59 Å². The molecule has 0 bridgehead atoms. The molecule has 27 heavy (non-hydrogen) atoms. The van der Waals surface area contributed by atoms with Crippen LogP contribution >= 0.6 is 0 Å². The fourth-order valence-electron chi connectivity index (χ4n) is 3.80. The molecule has 0 aromatic carbocycles. The highest BCUT2D eigenvalue weighted by atomic mass is 16.2. The molecule has 1 atom stereocenters. The summed E-state index contributed by atoms with van der Waals surface area (Å²) < 4.78 is 1.62. The van der Waals surface area contributed by atoms with Crippen LogP contribution in [0.15, 0.2) is 36.7 Å². The summed E-state index contributed by atoms with van der Waals surface area (Å²) in [6.07, 6.45) is 7.59. The third-order valence-electron chi connectivity index (χ3n) is 5.23. The Balaban J connectivity index is 1.52. The Morgan fingerprint density at radius 3 is 2.59 bits per heavy atom. The maximum absolute atomic E-state index is 12.1. The van der Waals surface area contributed by atoms with Gasteiger partial charge in [0.25, 0.3) is 5.91 Å². The first kappa shape index (κ1) is 19.1. The van der Waals surface area contributed by atoms with E-state index in [9.17, 15) is 9.59 Å². The lowest BCUT2D eigenvalue weighted by atomic mass is 9.77. The number of rotatable bonds is 6. The maximum Gasteiger partial charge on any atom is 0.271 e. The van der Waals surface area contributed by atoms with Crippen LogP contribution in [0.2, 0.25) is 0 Å². The molecule has 2 aromatic rings. The van der Waals surface area contributed by atoms with Crippen molar-refractivity contribution in [2.24, 2.45) is 18.9 Å². The summed E-state index contributed by atoms with van der Waals surface area (Å²) in [5.41, 5.74) is 1.37. The van der Waals surface area contributed by atoms with Crippen LogP contribution in [0.25, 0.3) is 0 Å². The first-order valence-corrected chi connectivity index (χ1v) is 9.49. The summed E-state index contributed by atoms with van der Waals surface area (Å²) in [7, 11) is 1.80. The Morgan fingerprint density at radius 2 is 2.00 bits per heavy atom. The highest BCUT2D eigenvalue weighted by Crippen LogP contribution is 2.36. The van der Waals surface area contributed by atoms with Crippen molar-refractivity contribution in [2.45, 2.75) is 38.6 Å². The number of hydrogen-bond acceptors (Lipinski definition) is 4. The molecule has 2 heterocycles. The van der Waals surface area contributed by atoms with Gasteiger partial charge in [0.05, 0.1) is 11.7 Å². The summed E-state index contributed by atoms with van der Waals surface area (Å²) in [5, 5.41) is 10.2. The van der Waals surface area contributed by atoms with Crippen molar-refractivity contribution in [1.82, 2.24) is 25.4 Å². The van der Waals surface area contributed by atoms with Crippen LogP contribution in [0.3, 0.4) is 0 Å². The zero-order chi connectivity index (χ0) is 19.2. The summed E-state index contributed by atoms with van der Waals surface area (Å²) in [6, 6.07) is 7.48. The van der Waals surface area contributed by atoms with Gasteiger partial charge in [-0.15, -0.1) is 0 Å². The molecule has 0 radical (unpaired) electrons. The van der Waals surface area contributed by atoms with Crippen molar-refractivity contribution in [3.8, 4) is 0 Å². The van der Waals surface area contributed by atoms with Gasteiger partial charge in [0, 0.05) is 32.9 Å².